The first-order valence-corrected chi connectivity index (χ1v) is 7.52. The summed E-state index contributed by atoms with van der Waals surface area (Å²) in [7, 11) is 0. The maximum absolute atomic E-state index is 12.4. The molecule has 1 saturated heterocycles. The predicted molar refractivity (Wildman–Crippen MR) is 85.0 cm³/mol. The molecule has 21 heavy (non-hydrogen) atoms. The van der Waals surface area contributed by atoms with E-state index in [0.29, 0.717) is 26.3 Å². The van der Waals surface area contributed by atoms with E-state index in [1.54, 1.807) is 4.57 Å². The van der Waals surface area contributed by atoms with Crippen LogP contribution in [-0.2, 0) is 17.8 Å². The smallest absolute Gasteiger partial charge is 0.329 e. The number of morpholine rings is 1. The summed E-state index contributed by atoms with van der Waals surface area (Å²) >= 11 is 0. The van der Waals surface area contributed by atoms with Crippen LogP contribution >= 0.6 is 0 Å². The van der Waals surface area contributed by atoms with Gasteiger partial charge in [0.2, 0.25) is 0 Å². The van der Waals surface area contributed by atoms with Gasteiger partial charge in [0.15, 0.2) is 0 Å². The fourth-order valence-electron chi connectivity index (χ4n) is 3.06. The van der Waals surface area contributed by atoms with E-state index < -0.39 is 0 Å². The number of ether oxygens (including phenoxy) is 1. The summed E-state index contributed by atoms with van der Waals surface area (Å²) in [5.41, 5.74) is 9.87. The third kappa shape index (κ3) is 2.19. The van der Waals surface area contributed by atoms with Gasteiger partial charge >= 0.3 is 5.69 Å². The summed E-state index contributed by atoms with van der Waals surface area (Å²) in [5, 5.41) is 0. The van der Waals surface area contributed by atoms with E-state index in [1.807, 2.05) is 30.5 Å². The zero-order chi connectivity index (χ0) is 15.0. The molecule has 1 aliphatic rings. The normalized spacial score (nSPS) is 15.8. The Labute approximate surface area is 123 Å². The standard InChI is InChI=1S/C15H22N4O2/c1-3-18-13-9-11(16)12(17-5-7-21-8-6-17)10-14(13)19(4-2)15(18)20/h9-10H,3-8,16H2,1-2H3. The van der Waals surface area contributed by atoms with Gasteiger partial charge in [-0.3, -0.25) is 9.13 Å². The molecule has 2 heterocycles. The second-order valence-electron chi connectivity index (χ2n) is 5.27. The number of nitrogen functional groups attached to an aromatic ring is 1. The van der Waals surface area contributed by atoms with E-state index in [4.69, 9.17) is 10.5 Å². The molecule has 6 nitrogen and oxygen atoms in total. The highest BCUT2D eigenvalue weighted by molar-refractivity contribution is 5.88. The topological polar surface area (TPSA) is 65.4 Å². The monoisotopic (exact) mass is 290 g/mol. The molecule has 0 radical (unpaired) electrons. The van der Waals surface area contributed by atoms with E-state index in [-0.39, 0.29) is 5.69 Å². The molecule has 0 atom stereocenters. The number of nitrogens with two attached hydrogens (primary N) is 1. The van der Waals surface area contributed by atoms with Crippen LogP contribution < -0.4 is 16.3 Å². The average molecular weight is 290 g/mol. The molecule has 0 aliphatic carbocycles. The number of hydrogen-bond acceptors (Lipinski definition) is 4. The van der Waals surface area contributed by atoms with Crippen LogP contribution in [0.2, 0.25) is 0 Å². The molecule has 0 saturated carbocycles. The van der Waals surface area contributed by atoms with Gasteiger partial charge in [0.1, 0.15) is 0 Å². The van der Waals surface area contributed by atoms with Crippen molar-refractivity contribution in [3.05, 3.63) is 22.6 Å². The van der Waals surface area contributed by atoms with Crippen molar-refractivity contribution >= 4 is 22.4 Å². The van der Waals surface area contributed by atoms with Gasteiger partial charge in [0.05, 0.1) is 35.6 Å². The van der Waals surface area contributed by atoms with E-state index in [1.165, 1.54) is 0 Å². The first kappa shape index (κ1) is 14.0. The maximum Gasteiger partial charge on any atom is 0.329 e. The molecule has 1 fully saturated rings. The van der Waals surface area contributed by atoms with E-state index in [0.717, 1.165) is 35.5 Å². The molecule has 1 aromatic carbocycles. The van der Waals surface area contributed by atoms with Crippen LogP contribution in [0.1, 0.15) is 13.8 Å². The Morgan fingerprint density at radius 2 is 1.67 bits per heavy atom. The molecule has 0 bridgehead atoms. The number of fused-ring (bicyclic) bond motifs is 1. The molecule has 2 N–H and O–H groups in total. The van der Waals surface area contributed by atoms with E-state index >= 15 is 0 Å². The first-order chi connectivity index (χ1) is 10.2. The predicted octanol–water partition coefficient (Wildman–Crippen LogP) is 1.26. The Morgan fingerprint density at radius 1 is 1.10 bits per heavy atom. The van der Waals surface area contributed by atoms with Crippen LogP contribution in [0.25, 0.3) is 11.0 Å². The van der Waals surface area contributed by atoms with Crippen molar-refractivity contribution in [1.29, 1.82) is 0 Å². The Bertz CT molecular complexity index is 711. The number of aromatic nitrogens is 2. The van der Waals surface area contributed by atoms with Crippen LogP contribution in [0.3, 0.4) is 0 Å². The molecule has 0 spiro atoms. The first-order valence-electron chi connectivity index (χ1n) is 7.52. The van der Waals surface area contributed by atoms with E-state index in [9.17, 15) is 4.79 Å². The second-order valence-corrected chi connectivity index (χ2v) is 5.27. The molecule has 0 amide bonds. The van der Waals surface area contributed by atoms with Crippen molar-refractivity contribution < 1.29 is 4.74 Å². The number of anilines is 2. The van der Waals surface area contributed by atoms with Crippen molar-refractivity contribution in [2.75, 3.05) is 36.9 Å². The van der Waals surface area contributed by atoms with Crippen LogP contribution in [-0.4, -0.2) is 35.4 Å². The summed E-state index contributed by atoms with van der Waals surface area (Å²) in [4.78, 5) is 14.6. The molecular weight excluding hydrogens is 268 g/mol. The van der Waals surface area contributed by atoms with Gasteiger partial charge in [-0.25, -0.2) is 4.79 Å². The summed E-state index contributed by atoms with van der Waals surface area (Å²) in [5.74, 6) is 0. The second kappa shape index (κ2) is 5.44. The highest BCUT2D eigenvalue weighted by Crippen LogP contribution is 2.29. The number of imidazole rings is 1. The van der Waals surface area contributed by atoms with Gasteiger partial charge in [-0.05, 0) is 26.0 Å². The lowest BCUT2D eigenvalue weighted by atomic mass is 10.2. The third-order valence-corrected chi connectivity index (χ3v) is 4.15. The van der Waals surface area contributed by atoms with Crippen LogP contribution in [0.5, 0.6) is 0 Å². The molecule has 1 aromatic heterocycles. The highest BCUT2D eigenvalue weighted by atomic mass is 16.5. The fraction of sp³-hybridized carbons (Fsp3) is 0.533. The number of rotatable bonds is 3. The minimum Gasteiger partial charge on any atom is -0.397 e. The molecule has 3 rings (SSSR count). The van der Waals surface area contributed by atoms with E-state index in [2.05, 4.69) is 4.90 Å². The molecule has 0 unspecified atom stereocenters. The Morgan fingerprint density at radius 3 is 2.24 bits per heavy atom. The van der Waals surface area contributed by atoms with Crippen molar-refractivity contribution in [3.8, 4) is 0 Å². The minimum absolute atomic E-state index is 0.0357. The lowest BCUT2D eigenvalue weighted by molar-refractivity contribution is 0.123. The van der Waals surface area contributed by atoms with Crippen molar-refractivity contribution in [2.45, 2.75) is 26.9 Å². The van der Waals surface area contributed by atoms with Gasteiger partial charge in [0, 0.05) is 26.2 Å². The average Bonchev–Trinajstić information content (AvgIpc) is 2.77. The van der Waals surface area contributed by atoms with Crippen LogP contribution in [0.15, 0.2) is 16.9 Å². The zero-order valence-electron chi connectivity index (χ0n) is 12.6. The minimum atomic E-state index is 0.0357. The molecule has 6 heteroatoms. The van der Waals surface area contributed by atoms with Gasteiger partial charge < -0.3 is 15.4 Å². The highest BCUT2D eigenvalue weighted by Gasteiger charge is 2.18. The zero-order valence-corrected chi connectivity index (χ0v) is 12.6. The molecule has 114 valence electrons. The summed E-state index contributed by atoms with van der Waals surface area (Å²) in [6, 6.07) is 3.98. The number of hydrogen-bond donors (Lipinski definition) is 1. The van der Waals surface area contributed by atoms with Gasteiger partial charge in [-0.2, -0.15) is 0 Å². The van der Waals surface area contributed by atoms with Crippen molar-refractivity contribution in [3.63, 3.8) is 0 Å². The van der Waals surface area contributed by atoms with Crippen LogP contribution in [0.4, 0.5) is 11.4 Å². The van der Waals surface area contributed by atoms with Gasteiger partial charge in [0.25, 0.3) is 0 Å². The Kier molecular flexibility index (Phi) is 3.63. The largest absolute Gasteiger partial charge is 0.397 e. The van der Waals surface area contributed by atoms with Crippen molar-refractivity contribution in [2.24, 2.45) is 0 Å². The molecule has 1 aliphatic heterocycles. The quantitative estimate of drug-likeness (QED) is 0.864. The van der Waals surface area contributed by atoms with Gasteiger partial charge in [-0.15, -0.1) is 0 Å². The summed E-state index contributed by atoms with van der Waals surface area (Å²) in [6.45, 7) is 8.38. The van der Waals surface area contributed by atoms with Crippen molar-refractivity contribution in [1.82, 2.24) is 9.13 Å². The van der Waals surface area contributed by atoms with Crippen LogP contribution in [0, 0.1) is 0 Å². The summed E-state index contributed by atoms with van der Waals surface area (Å²) < 4.78 is 8.98. The molecule has 2 aromatic rings. The summed E-state index contributed by atoms with van der Waals surface area (Å²) in [6.07, 6.45) is 0. The van der Waals surface area contributed by atoms with Gasteiger partial charge in [-0.1, -0.05) is 0 Å². The Balaban J connectivity index is 2.20. The third-order valence-electron chi connectivity index (χ3n) is 4.15. The fourth-order valence-corrected chi connectivity index (χ4v) is 3.06. The number of nitrogens with zero attached hydrogens (tertiary/aromatic N) is 3. The number of benzene rings is 1. The molecular formula is C15H22N4O2. The Hall–Kier alpha value is -1.95. The maximum atomic E-state index is 12.4. The number of aryl methyl sites for hydroxylation is 2. The lowest BCUT2D eigenvalue weighted by Crippen LogP contribution is -2.36. The lowest BCUT2D eigenvalue weighted by Gasteiger charge is -2.30. The SMILES string of the molecule is CCn1c(=O)n(CC)c2cc(N3CCOCC3)c(N)cc21.